The van der Waals surface area contributed by atoms with Crippen molar-refractivity contribution < 1.29 is 28.0 Å². The molecule has 2 heterocycles. The van der Waals surface area contributed by atoms with Crippen LogP contribution in [0.3, 0.4) is 0 Å². The molecule has 0 spiro atoms. The normalized spacial score (nSPS) is 21.5. The number of piperidine rings is 1. The number of amides is 4. The van der Waals surface area contributed by atoms with Crippen molar-refractivity contribution in [1.29, 1.82) is 0 Å². The molecule has 0 aliphatic carbocycles. The average molecular weight is 509 g/mol. The van der Waals surface area contributed by atoms with E-state index >= 15 is 0 Å². The summed E-state index contributed by atoms with van der Waals surface area (Å²) in [5.74, 6) is -6.76. The molecule has 0 radical (unpaired) electrons. The van der Waals surface area contributed by atoms with Gasteiger partial charge in [-0.3, -0.25) is 19.2 Å². The number of hydrogen-bond acceptors (Lipinski definition) is 4. The van der Waals surface area contributed by atoms with Crippen molar-refractivity contribution in [3.05, 3.63) is 69.7 Å². The molecule has 0 bridgehead atoms. The molecular formula is C22H22B4ClF2N3O4. The Morgan fingerprint density at radius 1 is 1.11 bits per heavy atom. The van der Waals surface area contributed by atoms with Crippen LogP contribution in [-0.4, -0.2) is 70.9 Å². The van der Waals surface area contributed by atoms with E-state index in [4.69, 9.17) is 11.6 Å². The minimum absolute atomic E-state index is 0.130. The van der Waals surface area contributed by atoms with Crippen LogP contribution in [-0.2, 0) is 33.4 Å². The SMILES string of the molecule is BC1C(=O)N(B)C(=O)C(N2Cc3cc(CNC(=O)C(F)(F)c4ccc(Cl)cc4)ccc3C2=O)C1(B)B. The Bertz CT molecular complexity index is 1280. The van der Waals surface area contributed by atoms with Gasteiger partial charge in [-0.25, -0.2) is 0 Å². The lowest BCUT2D eigenvalue weighted by Crippen LogP contribution is -2.63. The molecule has 4 rings (SSSR count). The highest BCUT2D eigenvalue weighted by molar-refractivity contribution is 6.52. The molecule has 182 valence electrons. The quantitative estimate of drug-likeness (QED) is 0.406. The molecule has 2 atom stereocenters. The Balaban J connectivity index is 1.50. The van der Waals surface area contributed by atoms with Gasteiger partial charge in [-0.1, -0.05) is 41.1 Å². The fourth-order valence-electron chi connectivity index (χ4n) is 4.79. The number of imide groups is 1. The Labute approximate surface area is 215 Å². The van der Waals surface area contributed by atoms with E-state index in [-0.39, 0.29) is 29.9 Å². The first-order valence-electron chi connectivity index (χ1n) is 11.4. The summed E-state index contributed by atoms with van der Waals surface area (Å²) < 4.78 is 29.1. The Kier molecular flexibility index (Phi) is 6.58. The van der Waals surface area contributed by atoms with Crippen LogP contribution in [0, 0.1) is 0 Å². The number of nitrogens with zero attached hydrogens (tertiary/aromatic N) is 2. The molecule has 2 aromatic rings. The second-order valence-electron chi connectivity index (χ2n) is 9.87. The molecule has 14 heteroatoms. The number of rotatable bonds is 5. The second kappa shape index (κ2) is 9.10. The van der Waals surface area contributed by atoms with Crippen molar-refractivity contribution in [3.8, 4) is 0 Å². The van der Waals surface area contributed by atoms with Crippen LogP contribution in [0.2, 0.25) is 16.1 Å². The largest absolute Gasteiger partial charge is 0.349 e. The molecule has 1 saturated heterocycles. The minimum atomic E-state index is -3.75. The fourth-order valence-corrected chi connectivity index (χ4v) is 4.92. The highest BCUT2D eigenvalue weighted by Crippen LogP contribution is 2.45. The van der Waals surface area contributed by atoms with E-state index in [0.717, 1.165) is 16.9 Å². The van der Waals surface area contributed by atoms with Gasteiger partial charge in [-0.2, -0.15) is 8.78 Å². The maximum absolute atomic E-state index is 14.5. The zero-order valence-corrected chi connectivity index (χ0v) is 21.0. The van der Waals surface area contributed by atoms with Crippen molar-refractivity contribution in [2.45, 2.75) is 36.1 Å². The molecule has 2 aliphatic rings. The molecule has 1 N–H and O–H groups in total. The number of alkyl halides is 2. The lowest BCUT2D eigenvalue weighted by Gasteiger charge is -2.49. The number of carbonyl (C=O) groups excluding carboxylic acids is 4. The van der Waals surface area contributed by atoms with E-state index in [2.05, 4.69) is 5.32 Å². The van der Waals surface area contributed by atoms with E-state index in [1.54, 1.807) is 41.7 Å². The Morgan fingerprint density at radius 2 is 1.75 bits per heavy atom. The first kappa shape index (κ1) is 26.0. The smallest absolute Gasteiger partial charge is 0.346 e. The fraction of sp³-hybridized carbons (Fsp3) is 0.273. The third kappa shape index (κ3) is 4.23. The summed E-state index contributed by atoms with van der Waals surface area (Å²) in [6.45, 7) is -0.0446. The number of nitrogens with one attached hydrogen (secondary N) is 1. The molecule has 36 heavy (non-hydrogen) atoms. The third-order valence-corrected chi connectivity index (χ3v) is 7.60. The van der Waals surface area contributed by atoms with Crippen LogP contribution in [0.15, 0.2) is 42.5 Å². The molecular weight excluding hydrogens is 487 g/mol. The van der Waals surface area contributed by atoms with Crippen molar-refractivity contribution in [3.63, 3.8) is 0 Å². The van der Waals surface area contributed by atoms with Crippen molar-refractivity contribution in [1.82, 2.24) is 15.0 Å². The van der Waals surface area contributed by atoms with Crippen molar-refractivity contribution in [2.24, 2.45) is 0 Å². The maximum Gasteiger partial charge on any atom is 0.349 e. The van der Waals surface area contributed by atoms with Crippen molar-refractivity contribution in [2.75, 3.05) is 0 Å². The topological polar surface area (TPSA) is 86.8 Å². The van der Waals surface area contributed by atoms with E-state index in [1.807, 2.05) is 0 Å². The highest BCUT2D eigenvalue weighted by atomic mass is 35.5. The van der Waals surface area contributed by atoms with Crippen molar-refractivity contribution >= 4 is 66.7 Å². The monoisotopic (exact) mass is 509 g/mol. The summed E-state index contributed by atoms with van der Waals surface area (Å²) in [6, 6.07) is 8.72. The van der Waals surface area contributed by atoms with Gasteiger partial charge in [0.15, 0.2) is 0 Å². The first-order chi connectivity index (χ1) is 16.8. The highest BCUT2D eigenvalue weighted by Gasteiger charge is 2.54. The van der Waals surface area contributed by atoms with E-state index in [1.165, 1.54) is 25.0 Å². The molecule has 0 aromatic heterocycles. The number of carbonyl (C=O) groups is 4. The van der Waals surface area contributed by atoms with Crippen LogP contribution in [0.1, 0.15) is 27.0 Å². The van der Waals surface area contributed by atoms with Gasteiger partial charge in [0.2, 0.25) is 19.8 Å². The number of fused-ring (bicyclic) bond motifs is 1. The number of hydrogen-bond donors (Lipinski definition) is 1. The van der Waals surface area contributed by atoms with Crippen LogP contribution in [0.25, 0.3) is 0 Å². The lowest BCUT2D eigenvalue weighted by atomic mass is 9.38. The summed E-state index contributed by atoms with van der Waals surface area (Å²) in [7, 11) is 6.75. The van der Waals surface area contributed by atoms with Gasteiger partial charge >= 0.3 is 5.92 Å². The van der Waals surface area contributed by atoms with Gasteiger partial charge in [-0.15, -0.1) is 0 Å². The first-order valence-corrected chi connectivity index (χ1v) is 11.8. The molecule has 1 fully saturated rings. The zero-order chi connectivity index (χ0) is 26.6. The molecule has 2 aromatic carbocycles. The summed E-state index contributed by atoms with van der Waals surface area (Å²) in [5.41, 5.74) is 1.06. The number of halogens is 3. The van der Waals surface area contributed by atoms with Gasteiger partial charge in [-0.05, 0) is 29.3 Å². The zero-order valence-electron chi connectivity index (χ0n) is 20.3. The van der Waals surface area contributed by atoms with Crippen LogP contribution in [0.4, 0.5) is 8.78 Å². The van der Waals surface area contributed by atoms with Crippen LogP contribution in [0.5, 0.6) is 0 Å². The van der Waals surface area contributed by atoms with Gasteiger partial charge in [0.25, 0.3) is 11.8 Å². The average Bonchev–Trinajstić information content (AvgIpc) is 3.15. The summed E-state index contributed by atoms with van der Waals surface area (Å²) in [6.07, 6.45) is 0. The molecule has 7 nitrogen and oxygen atoms in total. The second-order valence-corrected chi connectivity index (χ2v) is 10.3. The van der Waals surface area contributed by atoms with E-state index < -0.39 is 40.4 Å². The van der Waals surface area contributed by atoms with E-state index in [9.17, 15) is 28.0 Å². The summed E-state index contributed by atoms with van der Waals surface area (Å²) >= 11 is 5.73. The van der Waals surface area contributed by atoms with Gasteiger partial charge in [0.1, 0.15) is 29.6 Å². The third-order valence-electron chi connectivity index (χ3n) is 7.34. The van der Waals surface area contributed by atoms with Crippen LogP contribution < -0.4 is 5.32 Å². The summed E-state index contributed by atoms with van der Waals surface area (Å²) in [4.78, 5) is 53.5. The van der Waals surface area contributed by atoms with E-state index in [0.29, 0.717) is 16.7 Å². The Morgan fingerprint density at radius 3 is 2.39 bits per heavy atom. The van der Waals surface area contributed by atoms with Gasteiger partial charge < -0.3 is 15.0 Å². The minimum Gasteiger partial charge on any atom is -0.346 e. The molecule has 2 unspecified atom stereocenters. The lowest BCUT2D eigenvalue weighted by molar-refractivity contribution is -0.147. The maximum atomic E-state index is 14.5. The van der Waals surface area contributed by atoms with Gasteiger partial charge in [0, 0.05) is 35.1 Å². The van der Waals surface area contributed by atoms with Gasteiger partial charge in [0.05, 0.1) is 0 Å². The predicted molar refractivity (Wildman–Crippen MR) is 140 cm³/mol. The van der Waals surface area contributed by atoms with Crippen LogP contribution >= 0.6 is 11.6 Å². The molecule has 0 saturated carbocycles. The Hall–Kier alpha value is -3.07. The predicted octanol–water partition coefficient (Wildman–Crippen LogP) is -1.21. The molecule has 2 aliphatic heterocycles. The standard InChI is InChI=1S/C22H22B4ClF2N3O4/c23-15-18(34)32(26)19(35)16(21(15,24)25)31-9-11-7-10(1-6-14(11)17(31)33)8-30-20(36)22(28,29)12-2-4-13(27)5-3-12/h1-7,15-16H,8-9,23-26H2,(H,30,36). The summed E-state index contributed by atoms with van der Waals surface area (Å²) in [5, 5.41) is 1.74. The number of benzene rings is 2. The molecule has 4 amide bonds.